The zero-order valence-corrected chi connectivity index (χ0v) is 18.5. The van der Waals surface area contributed by atoms with Crippen molar-refractivity contribution in [1.82, 2.24) is 14.7 Å². The van der Waals surface area contributed by atoms with Crippen molar-refractivity contribution in [3.8, 4) is 5.75 Å². The molecule has 0 amide bonds. The topological polar surface area (TPSA) is 119 Å². The quantitative estimate of drug-likeness (QED) is 0.513. The van der Waals surface area contributed by atoms with Crippen LogP contribution in [0.25, 0.3) is 11.3 Å². The van der Waals surface area contributed by atoms with Crippen LogP contribution >= 0.6 is 0 Å². The Labute approximate surface area is 188 Å². The fourth-order valence-electron chi connectivity index (χ4n) is 4.80. The van der Waals surface area contributed by atoms with E-state index in [1.54, 1.807) is 18.2 Å². The summed E-state index contributed by atoms with van der Waals surface area (Å²) in [4.78, 5) is 2.58. The molecule has 2 aromatic rings. The van der Waals surface area contributed by atoms with Gasteiger partial charge in [-0.25, -0.2) is 4.68 Å². The van der Waals surface area contributed by atoms with Crippen molar-refractivity contribution in [2.45, 2.75) is 51.1 Å². The molecule has 2 fully saturated rings. The number of aromatic nitrogens is 2. The third-order valence-electron chi connectivity index (χ3n) is 7.08. The molecule has 0 radical (unpaired) electrons. The van der Waals surface area contributed by atoms with Crippen molar-refractivity contribution in [2.24, 2.45) is 23.1 Å². The molecule has 1 saturated carbocycles. The number of likely N-dealkylation sites (tertiary alicyclic amines) is 1. The highest BCUT2D eigenvalue weighted by molar-refractivity contribution is 5.84. The minimum atomic E-state index is -0.483. The summed E-state index contributed by atoms with van der Waals surface area (Å²) in [5, 5.41) is 14.4. The van der Waals surface area contributed by atoms with E-state index >= 15 is 4.39 Å². The molecular weight excluding hydrogens is 407 g/mol. The summed E-state index contributed by atoms with van der Waals surface area (Å²) in [5.74, 6) is -0.167. The number of benzene rings is 1. The van der Waals surface area contributed by atoms with Crippen LogP contribution in [0.5, 0.6) is 5.75 Å². The van der Waals surface area contributed by atoms with Crippen molar-refractivity contribution < 1.29 is 9.50 Å². The lowest BCUT2D eigenvalue weighted by molar-refractivity contribution is 0.0696. The zero-order chi connectivity index (χ0) is 22.8. The minimum Gasteiger partial charge on any atom is -0.507 e. The zero-order valence-electron chi connectivity index (χ0n) is 18.5. The fraction of sp³-hybridized carbons (Fsp3) is 0.458. The van der Waals surface area contributed by atoms with Gasteiger partial charge in [0.25, 0.3) is 0 Å². The first kappa shape index (κ1) is 22.2. The molecule has 1 atom stereocenters. The Morgan fingerprint density at radius 1 is 1.12 bits per heavy atom. The Morgan fingerprint density at radius 3 is 2.41 bits per heavy atom. The van der Waals surface area contributed by atoms with Crippen LogP contribution in [0.2, 0.25) is 0 Å². The average Bonchev–Trinajstić information content (AvgIpc) is 3.11. The van der Waals surface area contributed by atoms with E-state index in [4.69, 9.17) is 17.2 Å². The number of allylic oxidation sites excluding steroid dienone is 2. The monoisotopic (exact) mass is 440 g/mol. The molecule has 2 aliphatic rings. The first-order valence-corrected chi connectivity index (χ1v) is 11.3. The Hall–Kier alpha value is -3.00. The Balaban J connectivity index is 1.53. The van der Waals surface area contributed by atoms with Gasteiger partial charge < -0.3 is 27.2 Å². The number of hydrogen-bond acceptors (Lipinski definition) is 6. The van der Waals surface area contributed by atoms with E-state index in [0.29, 0.717) is 11.5 Å². The second-order valence-electron chi connectivity index (χ2n) is 8.98. The molecule has 1 saturated heterocycles. The van der Waals surface area contributed by atoms with Gasteiger partial charge in [0.15, 0.2) is 0 Å². The molecule has 172 valence electrons. The number of rotatable bonds is 6. The maximum Gasteiger partial charge on any atom is 0.219 e. The molecule has 1 aliphatic carbocycles. The number of phenolic OH excluding ortho intramolecular Hbond substituents is 1. The van der Waals surface area contributed by atoms with Crippen molar-refractivity contribution in [1.29, 1.82) is 0 Å². The number of para-hydroxylation sites is 1. The highest BCUT2D eigenvalue weighted by atomic mass is 19.1. The van der Waals surface area contributed by atoms with E-state index in [-0.39, 0.29) is 34.4 Å². The molecule has 7 N–H and O–H groups in total. The van der Waals surface area contributed by atoms with Gasteiger partial charge in [0.1, 0.15) is 11.6 Å². The van der Waals surface area contributed by atoms with E-state index in [1.165, 1.54) is 42.3 Å². The Morgan fingerprint density at radius 2 is 1.81 bits per heavy atom. The molecule has 0 bridgehead atoms. The number of nitrogens with two attached hydrogens (primary N) is 3. The van der Waals surface area contributed by atoms with E-state index in [9.17, 15) is 5.11 Å². The predicted octanol–water partition coefficient (Wildman–Crippen LogP) is 3.14. The molecule has 4 rings (SSSR count). The van der Waals surface area contributed by atoms with Gasteiger partial charge in [-0.05, 0) is 69.8 Å². The number of halogens is 1. The van der Waals surface area contributed by atoms with Crippen LogP contribution in [0.4, 0.5) is 4.39 Å². The van der Waals surface area contributed by atoms with Crippen LogP contribution in [0.15, 0.2) is 42.4 Å². The summed E-state index contributed by atoms with van der Waals surface area (Å²) < 4.78 is 16.9. The molecule has 0 spiro atoms. The maximum atomic E-state index is 15.5. The van der Waals surface area contributed by atoms with Crippen molar-refractivity contribution in [3.05, 3.63) is 59.4 Å². The summed E-state index contributed by atoms with van der Waals surface area (Å²) in [6.07, 6.45) is 8.96. The Bertz CT molecular complexity index is 1010. The summed E-state index contributed by atoms with van der Waals surface area (Å²) in [5.41, 5.74) is 19.0. The van der Waals surface area contributed by atoms with E-state index in [1.807, 2.05) is 6.92 Å². The molecule has 2 heterocycles. The van der Waals surface area contributed by atoms with Gasteiger partial charge in [0.2, 0.25) is 5.95 Å². The lowest BCUT2D eigenvalue weighted by atomic mass is 9.85. The predicted molar refractivity (Wildman–Crippen MR) is 124 cm³/mol. The largest absolute Gasteiger partial charge is 0.507 e. The minimum absolute atomic E-state index is 0.0224. The highest BCUT2D eigenvalue weighted by Gasteiger charge is 2.32. The SMILES string of the molecule is CC(C1CCN(C2CCC2)CC1)n1ncc(C(/C=C(\N)c2ccccc2O)=C(N)N)c1F. The third kappa shape index (κ3) is 4.32. The smallest absolute Gasteiger partial charge is 0.219 e. The molecule has 8 heteroatoms. The standard InChI is InChI=1S/C24H33FN6O/c1-15(16-9-11-30(12-10-16)17-5-4-6-17)31-23(25)20(14-29-31)19(24(27)28)13-21(26)18-7-2-3-8-22(18)32/h2-3,7-8,13-17,32H,4-6,9-12,26-28H2,1H3/b21-13-. The van der Waals surface area contributed by atoms with Crippen LogP contribution in [-0.2, 0) is 0 Å². The van der Waals surface area contributed by atoms with Gasteiger partial charge in [-0.2, -0.15) is 9.49 Å². The molecule has 7 nitrogen and oxygen atoms in total. The molecule has 1 aliphatic heterocycles. The summed E-state index contributed by atoms with van der Waals surface area (Å²) >= 11 is 0. The number of hydrogen-bond donors (Lipinski definition) is 4. The lowest BCUT2D eigenvalue weighted by Gasteiger charge is -2.42. The molecule has 32 heavy (non-hydrogen) atoms. The van der Waals surface area contributed by atoms with Gasteiger partial charge in [0.05, 0.1) is 17.8 Å². The van der Waals surface area contributed by atoms with E-state index in [0.717, 1.165) is 32.0 Å². The number of nitrogens with zero attached hydrogens (tertiary/aromatic N) is 3. The van der Waals surface area contributed by atoms with Crippen molar-refractivity contribution in [3.63, 3.8) is 0 Å². The second kappa shape index (κ2) is 9.24. The molecule has 1 aromatic heterocycles. The highest BCUT2D eigenvalue weighted by Crippen LogP contribution is 2.34. The summed E-state index contributed by atoms with van der Waals surface area (Å²) in [6.45, 7) is 4.15. The van der Waals surface area contributed by atoms with Crippen LogP contribution in [0.1, 0.15) is 56.2 Å². The summed E-state index contributed by atoms with van der Waals surface area (Å²) in [7, 11) is 0. The maximum absolute atomic E-state index is 15.5. The average molecular weight is 441 g/mol. The van der Waals surface area contributed by atoms with Gasteiger partial charge in [-0.15, -0.1) is 0 Å². The van der Waals surface area contributed by atoms with E-state index < -0.39 is 5.95 Å². The molecule has 1 aromatic carbocycles. The van der Waals surface area contributed by atoms with Gasteiger partial charge >= 0.3 is 0 Å². The first-order chi connectivity index (χ1) is 15.4. The number of aromatic hydroxyl groups is 1. The van der Waals surface area contributed by atoms with Gasteiger partial charge in [-0.3, -0.25) is 0 Å². The van der Waals surface area contributed by atoms with Crippen LogP contribution < -0.4 is 17.2 Å². The third-order valence-corrected chi connectivity index (χ3v) is 7.08. The van der Waals surface area contributed by atoms with Gasteiger partial charge in [-0.1, -0.05) is 18.6 Å². The first-order valence-electron chi connectivity index (χ1n) is 11.3. The lowest BCUT2D eigenvalue weighted by Crippen LogP contribution is -2.45. The second-order valence-corrected chi connectivity index (χ2v) is 8.98. The normalized spacial score (nSPS) is 19.5. The van der Waals surface area contributed by atoms with Crippen molar-refractivity contribution >= 4 is 11.3 Å². The number of piperidine rings is 1. The fourth-order valence-corrected chi connectivity index (χ4v) is 4.80. The van der Waals surface area contributed by atoms with Crippen molar-refractivity contribution in [2.75, 3.05) is 13.1 Å². The van der Waals surface area contributed by atoms with Crippen LogP contribution in [0.3, 0.4) is 0 Å². The van der Waals surface area contributed by atoms with E-state index in [2.05, 4.69) is 10.00 Å². The molecular formula is C24H33FN6O. The Kier molecular flexibility index (Phi) is 6.41. The van der Waals surface area contributed by atoms with Gasteiger partial charge in [0, 0.05) is 22.9 Å². The van der Waals surface area contributed by atoms with Crippen LogP contribution in [-0.4, -0.2) is 38.9 Å². The number of phenols is 1. The van der Waals surface area contributed by atoms with Crippen LogP contribution in [0, 0.1) is 11.9 Å². The summed E-state index contributed by atoms with van der Waals surface area (Å²) in [6, 6.07) is 7.32. The molecule has 1 unspecified atom stereocenters.